The van der Waals surface area contributed by atoms with E-state index in [1.807, 2.05) is 19.9 Å². The minimum atomic E-state index is -0.909. The standard InChI is InChI=1S/C24H29ClN4O6/c1-16(2)34-11-7-10-26-23(31)24(32)29-27-14-17-12-19(25)22(20(13-17)33-3)35-15-21(30)28-18-8-5-4-6-9-18/h4-6,8-9,12-14,16H,7,10-11,15H2,1-3H3,(H,26,31)(H,28,30)(H,29,32)/b27-14-. The molecule has 2 aromatic rings. The summed E-state index contributed by atoms with van der Waals surface area (Å²) in [6.07, 6.45) is 1.98. The number of nitrogens with one attached hydrogen (secondary N) is 3. The fourth-order valence-electron chi connectivity index (χ4n) is 2.70. The van der Waals surface area contributed by atoms with E-state index < -0.39 is 11.8 Å². The number of carbonyl (C=O) groups is 3. The van der Waals surface area contributed by atoms with Crippen LogP contribution in [0.15, 0.2) is 47.6 Å². The van der Waals surface area contributed by atoms with E-state index in [0.29, 0.717) is 30.8 Å². The molecule has 10 nitrogen and oxygen atoms in total. The van der Waals surface area contributed by atoms with Gasteiger partial charge in [0.15, 0.2) is 18.1 Å². The lowest BCUT2D eigenvalue weighted by Crippen LogP contribution is -2.38. The monoisotopic (exact) mass is 504 g/mol. The molecule has 3 N–H and O–H groups in total. The van der Waals surface area contributed by atoms with Crippen LogP contribution in [0.5, 0.6) is 11.5 Å². The summed E-state index contributed by atoms with van der Waals surface area (Å²) in [5.74, 6) is -1.64. The Balaban J connectivity index is 1.87. The number of hydrogen-bond donors (Lipinski definition) is 3. The maximum absolute atomic E-state index is 12.1. The first kappa shape index (κ1) is 27.6. The highest BCUT2D eigenvalue weighted by Crippen LogP contribution is 2.36. The van der Waals surface area contributed by atoms with Gasteiger partial charge in [-0.15, -0.1) is 0 Å². The van der Waals surface area contributed by atoms with Crippen LogP contribution >= 0.6 is 11.6 Å². The van der Waals surface area contributed by atoms with Crippen molar-refractivity contribution in [3.63, 3.8) is 0 Å². The van der Waals surface area contributed by atoms with Crippen LogP contribution in [0.1, 0.15) is 25.8 Å². The summed E-state index contributed by atoms with van der Waals surface area (Å²) in [4.78, 5) is 35.8. The number of hydrazone groups is 1. The number of benzene rings is 2. The van der Waals surface area contributed by atoms with Gasteiger partial charge in [-0.3, -0.25) is 14.4 Å². The smallest absolute Gasteiger partial charge is 0.329 e. The fourth-order valence-corrected chi connectivity index (χ4v) is 2.97. The quantitative estimate of drug-likeness (QED) is 0.176. The summed E-state index contributed by atoms with van der Waals surface area (Å²) in [7, 11) is 1.42. The molecule has 0 fully saturated rings. The van der Waals surface area contributed by atoms with Crippen LogP contribution in [-0.2, 0) is 19.1 Å². The maximum atomic E-state index is 12.1. The summed E-state index contributed by atoms with van der Waals surface area (Å²) in [6, 6.07) is 12.0. The van der Waals surface area contributed by atoms with Gasteiger partial charge in [0.05, 0.1) is 24.5 Å². The second-order valence-electron chi connectivity index (χ2n) is 7.47. The Labute approximate surface area is 209 Å². The molecular weight excluding hydrogens is 476 g/mol. The Morgan fingerprint density at radius 2 is 1.86 bits per heavy atom. The average molecular weight is 505 g/mol. The lowest BCUT2D eigenvalue weighted by molar-refractivity contribution is -0.139. The Kier molecular flexibility index (Phi) is 11.5. The van der Waals surface area contributed by atoms with Crippen LogP contribution in [0.4, 0.5) is 5.69 Å². The van der Waals surface area contributed by atoms with Gasteiger partial charge >= 0.3 is 11.8 Å². The number of nitrogens with zero attached hydrogens (tertiary/aromatic N) is 1. The molecule has 0 radical (unpaired) electrons. The highest BCUT2D eigenvalue weighted by Gasteiger charge is 2.15. The molecule has 0 aromatic heterocycles. The van der Waals surface area contributed by atoms with Crippen LogP contribution in [0, 0.1) is 0 Å². The van der Waals surface area contributed by atoms with E-state index in [2.05, 4.69) is 21.2 Å². The number of amides is 3. The molecule has 0 aliphatic carbocycles. The van der Waals surface area contributed by atoms with Crippen molar-refractivity contribution >= 4 is 41.2 Å². The molecular formula is C24H29ClN4O6. The van der Waals surface area contributed by atoms with Gasteiger partial charge < -0.3 is 24.8 Å². The predicted octanol–water partition coefficient (Wildman–Crippen LogP) is 2.75. The summed E-state index contributed by atoms with van der Waals surface area (Å²) >= 11 is 6.29. The number of methoxy groups -OCH3 is 1. The Hall–Kier alpha value is -3.63. The largest absolute Gasteiger partial charge is 0.493 e. The van der Waals surface area contributed by atoms with Crippen molar-refractivity contribution in [2.75, 3.05) is 32.2 Å². The van der Waals surface area contributed by atoms with E-state index >= 15 is 0 Å². The molecule has 188 valence electrons. The number of rotatable bonds is 12. The molecule has 2 aromatic carbocycles. The predicted molar refractivity (Wildman–Crippen MR) is 133 cm³/mol. The number of halogens is 1. The molecule has 0 spiro atoms. The molecule has 0 bridgehead atoms. The fraction of sp³-hybridized carbons (Fsp3) is 0.333. The van der Waals surface area contributed by atoms with Crippen LogP contribution in [0.25, 0.3) is 0 Å². The van der Waals surface area contributed by atoms with E-state index in [4.69, 9.17) is 25.8 Å². The van der Waals surface area contributed by atoms with Crippen LogP contribution in [-0.4, -0.2) is 56.9 Å². The Morgan fingerprint density at radius 3 is 2.54 bits per heavy atom. The molecule has 0 aliphatic heterocycles. The first-order valence-corrected chi connectivity index (χ1v) is 11.3. The van der Waals surface area contributed by atoms with Gasteiger partial charge in [0.2, 0.25) is 0 Å². The first-order valence-electron chi connectivity index (χ1n) is 10.9. The summed E-state index contributed by atoms with van der Waals surface area (Å²) in [6.45, 7) is 4.34. The lowest BCUT2D eigenvalue weighted by atomic mass is 10.2. The number of para-hydroxylation sites is 1. The first-order chi connectivity index (χ1) is 16.8. The highest BCUT2D eigenvalue weighted by atomic mass is 35.5. The molecule has 0 unspecified atom stereocenters. The third kappa shape index (κ3) is 10.0. The average Bonchev–Trinajstić information content (AvgIpc) is 2.83. The van der Waals surface area contributed by atoms with Crippen molar-refractivity contribution in [2.24, 2.45) is 5.10 Å². The van der Waals surface area contributed by atoms with Crippen LogP contribution in [0.2, 0.25) is 5.02 Å². The molecule has 3 amide bonds. The summed E-state index contributed by atoms with van der Waals surface area (Å²) < 4.78 is 16.2. The van der Waals surface area contributed by atoms with Gasteiger partial charge in [0, 0.05) is 18.8 Å². The van der Waals surface area contributed by atoms with E-state index in [1.54, 1.807) is 30.3 Å². The number of carbonyl (C=O) groups excluding carboxylic acids is 3. The number of hydrogen-bond acceptors (Lipinski definition) is 7. The normalized spacial score (nSPS) is 10.8. The zero-order valence-corrected chi connectivity index (χ0v) is 20.6. The van der Waals surface area contributed by atoms with Crippen LogP contribution in [0.3, 0.4) is 0 Å². The van der Waals surface area contributed by atoms with E-state index in [1.165, 1.54) is 19.4 Å². The minimum absolute atomic E-state index is 0.107. The van der Waals surface area contributed by atoms with E-state index in [0.717, 1.165) is 0 Å². The third-order valence-corrected chi connectivity index (χ3v) is 4.58. The lowest BCUT2D eigenvalue weighted by Gasteiger charge is -2.13. The molecule has 11 heteroatoms. The molecule has 0 saturated heterocycles. The third-order valence-electron chi connectivity index (χ3n) is 4.30. The number of ether oxygens (including phenoxy) is 3. The second kappa shape index (κ2) is 14.6. The van der Waals surface area contributed by atoms with Crippen LogP contribution < -0.4 is 25.5 Å². The topological polar surface area (TPSA) is 127 Å². The molecule has 0 atom stereocenters. The van der Waals surface area contributed by atoms with Gasteiger partial charge in [-0.2, -0.15) is 5.10 Å². The molecule has 0 aliphatic rings. The minimum Gasteiger partial charge on any atom is -0.493 e. The van der Waals surface area contributed by atoms with Gasteiger partial charge in [0.1, 0.15) is 0 Å². The van der Waals surface area contributed by atoms with E-state index in [9.17, 15) is 14.4 Å². The van der Waals surface area contributed by atoms with E-state index in [-0.39, 0.29) is 35.1 Å². The zero-order valence-electron chi connectivity index (χ0n) is 19.8. The molecule has 35 heavy (non-hydrogen) atoms. The molecule has 0 heterocycles. The Morgan fingerprint density at radius 1 is 1.11 bits per heavy atom. The molecule has 2 rings (SSSR count). The SMILES string of the molecule is COc1cc(/C=N\NC(=O)C(=O)NCCCOC(C)C)cc(Cl)c1OCC(=O)Nc1ccccc1. The van der Waals surface area contributed by atoms with Gasteiger partial charge in [0.25, 0.3) is 5.91 Å². The number of anilines is 1. The Bertz CT molecular complexity index is 1030. The van der Waals surface area contributed by atoms with Crippen molar-refractivity contribution in [1.29, 1.82) is 0 Å². The summed E-state index contributed by atoms with van der Waals surface area (Å²) in [5, 5.41) is 9.13. The van der Waals surface area contributed by atoms with Crippen molar-refractivity contribution in [2.45, 2.75) is 26.4 Å². The van der Waals surface area contributed by atoms with Crippen molar-refractivity contribution in [3.8, 4) is 11.5 Å². The zero-order chi connectivity index (χ0) is 25.6. The van der Waals surface area contributed by atoms with Crippen molar-refractivity contribution in [3.05, 3.63) is 53.1 Å². The second-order valence-corrected chi connectivity index (χ2v) is 7.87. The van der Waals surface area contributed by atoms with Gasteiger partial charge in [-0.05, 0) is 50.1 Å². The maximum Gasteiger partial charge on any atom is 0.329 e. The molecule has 0 saturated carbocycles. The van der Waals surface area contributed by atoms with Gasteiger partial charge in [-0.25, -0.2) is 5.43 Å². The van der Waals surface area contributed by atoms with Crippen molar-refractivity contribution in [1.82, 2.24) is 10.7 Å². The van der Waals surface area contributed by atoms with Gasteiger partial charge in [-0.1, -0.05) is 29.8 Å². The summed E-state index contributed by atoms with van der Waals surface area (Å²) in [5.41, 5.74) is 3.26. The highest BCUT2D eigenvalue weighted by molar-refractivity contribution is 6.35. The van der Waals surface area contributed by atoms with Crippen molar-refractivity contribution < 1.29 is 28.6 Å².